The van der Waals surface area contributed by atoms with Gasteiger partial charge >= 0.3 is 0 Å². The van der Waals surface area contributed by atoms with Crippen LogP contribution in [0.2, 0.25) is 0 Å². The average Bonchev–Trinajstić information content (AvgIpc) is 2.28. The summed E-state index contributed by atoms with van der Waals surface area (Å²) in [5.74, 6) is 0.177. The molecule has 0 spiro atoms. The molecule has 1 aromatic carbocycles. The van der Waals surface area contributed by atoms with Gasteiger partial charge in [0.05, 0.1) is 6.61 Å². The molecule has 0 bridgehead atoms. The van der Waals surface area contributed by atoms with E-state index in [9.17, 15) is 4.79 Å². The fourth-order valence-electron chi connectivity index (χ4n) is 1.22. The van der Waals surface area contributed by atoms with E-state index in [0.29, 0.717) is 12.4 Å². The maximum absolute atomic E-state index is 10.8. The van der Waals surface area contributed by atoms with Gasteiger partial charge in [0.2, 0.25) is 0 Å². The number of hydrogen-bond donors (Lipinski definition) is 1. The van der Waals surface area contributed by atoms with E-state index in [1.807, 2.05) is 24.3 Å². The Bertz CT molecular complexity index is 335. The Hall–Kier alpha value is -1.55. The van der Waals surface area contributed by atoms with Gasteiger partial charge in [0.15, 0.2) is 6.10 Å². The molecule has 0 fully saturated rings. The molecule has 0 aliphatic carbocycles. The van der Waals surface area contributed by atoms with Crippen molar-refractivity contribution >= 4 is 5.91 Å². The van der Waals surface area contributed by atoms with Crippen molar-refractivity contribution in [2.24, 2.45) is 5.73 Å². The molecule has 88 valence electrons. The van der Waals surface area contributed by atoms with Crippen LogP contribution in [0.5, 0.6) is 5.75 Å². The second-order valence-corrected chi connectivity index (χ2v) is 3.55. The lowest BCUT2D eigenvalue weighted by molar-refractivity contribution is -0.123. The van der Waals surface area contributed by atoms with Crippen molar-refractivity contribution in [2.45, 2.75) is 19.4 Å². The standard InChI is InChI=1S/C12H17NO3/c1-9(12(13)14)16-11-5-3-10(4-6-11)7-8-15-2/h3-6,9H,7-8H2,1-2H3,(H2,13,14). The molecule has 0 radical (unpaired) electrons. The van der Waals surface area contributed by atoms with E-state index in [4.69, 9.17) is 15.2 Å². The van der Waals surface area contributed by atoms with Crippen LogP contribution in [0.25, 0.3) is 0 Å². The molecule has 0 aromatic heterocycles. The first-order valence-electron chi connectivity index (χ1n) is 5.17. The fourth-order valence-corrected chi connectivity index (χ4v) is 1.22. The van der Waals surface area contributed by atoms with Gasteiger partial charge in [-0.2, -0.15) is 0 Å². The highest BCUT2D eigenvalue weighted by atomic mass is 16.5. The van der Waals surface area contributed by atoms with E-state index in [1.54, 1.807) is 14.0 Å². The van der Waals surface area contributed by atoms with Gasteiger partial charge in [-0.25, -0.2) is 0 Å². The molecule has 1 rings (SSSR count). The van der Waals surface area contributed by atoms with Crippen LogP contribution in [0, 0.1) is 0 Å². The fraction of sp³-hybridized carbons (Fsp3) is 0.417. The zero-order valence-electron chi connectivity index (χ0n) is 9.60. The number of rotatable bonds is 6. The normalized spacial score (nSPS) is 12.1. The molecule has 16 heavy (non-hydrogen) atoms. The van der Waals surface area contributed by atoms with E-state index < -0.39 is 12.0 Å². The van der Waals surface area contributed by atoms with Gasteiger partial charge < -0.3 is 15.2 Å². The second-order valence-electron chi connectivity index (χ2n) is 3.55. The quantitative estimate of drug-likeness (QED) is 0.786. The Balaban J connectivity index is 2.54. The zero-order valence-corrected chi connectivity index (χ0v) is 9.60. The minimum absolute atomic E-state index is 0.469. The highest BCUT2D eigenvalue weighted by Gasteiger charge is 2.09. The number of carbonyl (C=O) groups is 1. The van der Waals surface area contributed by atoms with Crippen molar-refractivity contribution < 1.29 is 14.3 Å². The Morgan fingerprint density at radius 2 is 2.00 bits per heavy atom. The predicted molar refractivity (Wildman–Crippen MR) is 61.3 cm³/mol. The van der Waals surface area contributed by atoms with Gasteiger partial charge in [-0.3, -0.25) is 4.79 Å². The summed E-state index contributed by atoms with van der Waals surface area (Å²) in [7, 11) is 1.67. The van der Waals surface area contributed by atoms with Gasteiger partial charge in [0.25, 0.3) is 5.91 Å². The molecular formula is C12H17NO3. The van der Waals surface area contributed by atoms with Crippen LogP contribution >= 0.6 is 0 Å². The first-order chi connectivity index (χ1) is 7.63. The van der Waals surface area contributed by atoms with E-state index in [1.165, 1.54) is 5.56 Å². The molecular weight excluding hydrogens is 206 g/mol. The number of primary amides is 1. The first kappa shape index (κ1) is 12.5. The summed E-state index contributed by atoms with van der Waals surface area (Å²) in [6.07, 6.45) is 0.257. The Morgan fingerprint density at radius 1 is 1.38 bits per heavy atom. The topological polar surface area (TPSA) is 61.6 Å². The molecule has 0 aliphatic rings. The molecule has 0 aliphatic heterocycles. The Morgan fingerprint density at radius 3 is 2.50 bits per heavy atom. The van der Waals surface area contributed by atoms with Crippen LogP contribution in [-0.4, -0.2) is 25.7 Å². The molecule has 0 heterocycles. The lowest BCUT2D eigenvalue weighted by atomic mass is 10.1. The van der Waals surface area contributed by atoms with Gasteiger partial charge in [-0.05, 0) is 31.0 Å². The number of ether oxygens (including phenoxy) is 2. The summed E-state index contributed by atoms with van der Waals surface area (Å²) in [4.78, 5) is 10.8. The molecule has 4 heteroatoms. The van der Waals surface area contributed by atoms with Crippen molar-refractivity contribution in [1.82, 2.24) is 0 Å². The molecule has 1 amide bonds. The Labute approximate surface area is 95.3 Å². The van der Waals surface area contributed by atoms with Gasteiger partial charge in [0, 0.05) is 7.11 Å². The summed E-state index contributed by atoms with van der Waals surface area (Å²) < 4.78 is 10.3. The molecule has 4 nitrogen and oxygen atoms in total. The summed E-state index contributed by atoms with van der Waals surface area (Å²) >= 11 is 0. The van der Waals surface area contributed by atoms with Crippen LogP contribution in [0.1, 0.15) is 12.5 Å². The number of methoxy groups -OCH3 is 1. The van der Waals surface area contributed by atoms with E-state index in [2.05, 4.69) is 0 Å². The predicted octanol–water partition coefficient (Wildman–Crippen LogP) is 1.13. The molecule has 1 atom stereocenters. The third kappa shape index (κ3) is 3.90. The average molecular weight is 223 g/mol. The zero-order chi connectivity index (χ0) is 12.0. The molecule has 1 aromatic rings. The Kier molecular flexibility index (Phi) is 4.79. The smallest absolute Gasteiger partial charge is 0.258 e. The van der Waals surface area contributed by atoms with Crippen molar-refractivity contribution in [3.05, 3.63) is 29.8 Å². The van der Waals surface area contributed by atoms with E-state index in [0.717, 1.165) is 6.42 Å². The highest BCUT2D eigenvalue weighted by Crippen LogP contribution is 2.14. The highest BCUT2D eigenvalue weighted by molar-refractivity contribution is 5.78. The largest absolute Gasteiger partial charge is 0.481 e. The third-order valence-electron chi connectivity index (χ3n) is 2.23. The van der Waals surface area contributed by atoms with E-state index in [-0.39, 0.29) is 0 Å². The maximum atomic E-state index is 10.8. The first-order valence-corrected chi connectivity index (χ1v) is 5.17. The third-order valence-corrected chi connectivity index (χ3v) is 2.23. The molecule has 0 saturated heterocycles. The summed E-state index contributed by atoms with van der Waals surface area (Å²) in [6.45, 7) is 2.32. The number of amides is 1. The van der Waals surface area contributed by atoms with Crippen molar-refractivity contribution in [3.8, 4) is 5.75 Å². The minimum Gasteiger partial charge on any atom is -0.481 e. The number of nitrogens with two attached hydrogens (primary N) is 1. The number of benzene rings is 1. The van der Waals surface area contributed by atoms with Crippen molar-refractivity contribution in [3.63, 3.8) is 0 Å². The van der Waals surface area contributed by atoms with Crippen molar-refractivity contribution in [2.75, 3.05) is 13.7 Å². The molecule has 2 N–H and O–H groups in total. The SMILES string of the molecule is COCCc1ccc(OC(C)C(N)=O)cc1. The van der Waals surface area contributed by atoms with Crippen LogP contribution in [0.4, 0.5) is 0 Å². The summed E-state index contributed by atoms with van der Waals surface area (Å²) in [5.41, 5.74) is 6.27. The van der Waals surface area contributed by atoms with Crippen LogP contribution in [0.3, 0.4) is 0 Å². The monoisotopic (exact) mass is 223 g/mol. The van der Waals surface area contributed by atoms with Crippen molar-refractivity contribution in [1.29, 1.82) is 0 Å². The summed E-state index contributed by atoms with van der Waals surface area (Å²) in [5, 5.41) is 0. The maximum Gasteiger partial charge on any atom is 0.258 e. The van der Waals surface area contributed by atoms with Crippen LogP contribution in [-0.2, 0) is 16.0 Å². The van der Waals surface area contributed by atoms with Gasteiger partial charge in [-0.15, -0.1) is 0 Å². The number of hydrogen-bond acceptors (Lipinski definition) is 3. The second kappa shape index (κ2) is 6.12. The molecule has 1 unspecified atom stereocenters. The van der Waals surface area contributed by atoms with Gasteiger partial charge in [-0.1, -0.05) is 12.1 Å². The van der Waals surface area contributed by atoms with Crippen LogP contribution in [0.15, 0.2) is 24.3 Å². The lowest BCUT2D eigenvalue weighted by Gasteiger charge is -2.11. The van der Waals surface area contributed by atoms with Gasteiger partial charge in [0.1, 0.15) is 5.75 Å². The number of carbonyl (C=O) groups excluding carboxylic acids is 1. The minimum atomic E-state index is -0.607. The van der Waals surface area contributed by atoms with E-state index >= 15 is 0 Å². The molecule has 0 saturated carbocycles. The lowest BCUT2D eigenvalue weighted by Crippen LogP contribution is -2.30. The summed E-state index contributed by atoms with van der Waals surface area (Å²) in [6, 6.07) is 7.54. The van der Waals surface area contributed by atoms with Crippen LogP contribution < -0.4 is 10.5 Å².